The van der Waals surface area contributed by atoms with E-state index in [4.69, 9.17) is 20.6 Å². The maximum atomic E-state index is 7.45. The van der Waals surface area contributed by atoms with Crippen molar-refractivity contribution in [2.24, 2.45) is 11.1 Å². The Hall–Kier alpha value is -1.55. The van der Waals surface area contributed by atoms with Crippen LogP contribution < -0.4 is 10.5 Å². The van der Waals surface area contributed by atoms with Crippen LogP contribution in [0, 0.1) is 10.8 Å². The Kier molecular flexibility index (Phi) is 5.36. The molecule has 4 nitrogen and oxygen atoms in total. The molecule has 0 unspecified atom stereocenters. The van der Waals surface area contributed by atoms with Gasteiger partial charge in [-0.2, -0.15) is 0 Å². The Morgan fingerprint density at radius 2 is 2.00 bits per heavy atom. The predicted molar refractivity (Wildman–Crippen MR) is 77.7 cm³/mol. The average Bonchev–Trinajstić information content (AvgIpc) is 2.33. The SMILES string of the molecule is COc1cc(COCCC(C)(C)C)ccc1C(=N)N. The highest BCUT2D eigenvalue weighted by Crippen LogP contribution is 2.21. The molecule has 1 aromatic rings. The van der Waals surface area contributed by atoms with Crippen molar-refractivity contribution >= 4 is 5.84 Å². The molecule has 0 saturated heterocycles. The lowest BCUT2D eigenvalue weighted by molar-refractivity contribution is 0.0961. The maximum absolute atomic E-state index is 7.45. The van der Waals surface area contributed by atoms with Crippen LogP contribution in [0.15, 0.2) is 18.2 Å². The molecule has 1 rings (SSSR count). The smallest absolute Gasteiger partial charge is 0.130 e. The first-order valence-electron chi connectivity index (χ1n) is 6.42. The van der Waals surface area contributed by atoms with E-state index in [1.165, 1.54) is 0 Å². The largest absolute Gasteiger partial charge is 0.496 e. The van der Waals surface area contributed by atoms with Gasteiger partial charge in [-0.1, -0.05) is 26.8 Å². The maximum Gasteiger partial charge on any atom is 0.130 e. The molecule has 0 amide bonds. The predicted octanol–water partition coefficient (Wildman–Crippen LogP) is 2.93. The molecule has 106 valence electrons. The van der Waals surface area contributed by atoms with Gasteiger partial charge >= 0.3 is 0 Å². The lowest BCUT2D eigenvalue weighted by Gasteiger charge is -2.17. The molecule has 0 aliphatic carbocycles. The minimum absolute atomic E-state index is 0.0112. The third kappa shape index (κ3) is 5.30. The quantitative estimate of drug-likeness (QED) is 0.471. The number of rotatable bonds is 6. The molecule has 0 heterocycles. The summed E-state index contributed by atoms with van der Waals surface area (Å²) in [5, 5.41) is 7.45. The molecule has 4 heteroatoms. The van der Waals surface area contributed by atoms with Gasteiger partial charge in [-0.05, 0) is 29.5 Å². The van der Waals surface area contributed by atoms with Crippen molar-refractivity contribution in [3.8, 4) is 5.75 Å². The summed E-state index contributed by atoms with van der Waals surface area (Å²) in [6.07, 6.45) is 1.02. The van der Waals surface area contributed by atoms with E-state index < -0.39 is 0 Å². The Morgan fingerprint density at radius 1 is 1.32 bits per heavy atom. The normalized spacial score (nSPS) is 11.4. The zero-order valence-electron chi connectivity index (χ0n) is 12.2. The monoisotopic (exact) mass is 264 g/mol. The number of benzene rings is 1. The van der Waals surface area contributed by atoms with Crippen LogP contribution in [0.4, 0.5) is 0 Å². The summed E-state index contributed by atoms with van der Waals surface area (Å²) < 4.78 is 10.9. The van der Waals surface area contributed by atoms with Crippen molar-refractivity contribution in [2.45, 2.75) is 33.8 Å². The summed E-state index contributed by atoms with van der Waals surface area (Å²) in [6, 6.07) is 5.58. The summed E-state index contributed by atoms with van der Waals surface area (Å²) >= 11 is 0. The van der Waals surface area contributed by atoms with Crippen LogP contribution in [0.1, 0.15) is 38.3 Å². The molecule has 0 atom stereocenters. The van der Waals surface area contributed by atoms with E-state index in [1.807, 2.05) is 12.1 Å². The van der Waals surface area contributed by atoms with E-state index in [2.05, 4.69) is 20.8 Å². The molecule has 0 spiro atoms. The second-order valence-electron chi connectivity index (χ2n) is 5.81. The number of nitrogens with two attached hydrogens (primary N) is 1. The first kappa shape index (κ1) is 15.5. The number of hydrogen-bond acceptors (Lipinski definition) is 3. The number of ether oxygens (including phenoxy) is 2. The zero-order chi connectivity index (χ0) is 14.5. The Balaban J connectivity index is 2.58. The lowest BCUT2D eigenvalue weighted by atomic mass is 9.93. The van der Waals surface area contributed by atoms with Crippen molar-refractivity contribution in [3.63, 3.8) is 0 Å². The molecular formula is C15H24N2O2. The van der Waals surface area contributed by atoms with Crippen molar-refractivity contribution in [2.75, 3.05) is 13.7 Å². The zero-order valence-corrected chi connectivity index (χ0v) is 12.2. The third-order valence-electron chi connectivity index (χ3n) is 2.82. The highest BCUT2D eigenvalue weighted by atomic mass is 16.5. The highest BCUT2D eigenvalue weighted by Gasteiger charge is 2.10. The average molecular weight is 264 g/mol. The molecular weight excluding hydrogens is 240 g/mol. The molecule has 19 heavy (non-hydrogen) atoms. The van der Waals surface area contributed by atoms with Gasteiger partial charge in [0.1, 0.15) is 11.6 Å². The fraction of sp³-hybridized carbons (Fsp3) is 0.533. The standard InChI is InChI=1S/C15H24N2O2/c1-15(2,3)7-8-19-10-11-5-6-12(14(16)17)13(9-11)18-4/h5-6,9H,7-8,10H2,1-4H3,(H3,16,17). The molecule has 0 fully saturated rings. The summed E-state index contributed by atoms with van der Waals surface area (Å²) in [6.45, 7) is 7.87. The van der Waals surface area contributed by atoms with Crippen LogP contribution in [0.5, 0.6) is 5.75 Å². The molecule has 0 aliphatic rings. The van der Waals surface area contributed by atoms with Gasteiger partial charge in [-0.15, -0.1) is 0 Å². The van der Waals surface area contributed by atoms with Gasteiger partial charge in [0.2, 0.25) is 0 Å². The van der Waals surface area contributed by atoms with Crippen LogP contribution >= 0.6 is 0 Å². The van der Waals surface area contributed by atoms with Crippen LogP contribution in [-0.2, 0) is 11.3 Å². The van der Waals surface area contributed by atoms with E-state index in [-0.39, 0.29) is 11.3 Å². The third-order valence-corrected chi connectivity index (χ3v) is 2.82. The van der Waals surface area contributed by atoms with Gasteiger partial charge in [0, 0.05) is 6.61 Å². The number of nitrogen functional groups attached to an aromatic ring is 1. The fourth-order valence-electron chi connectivity index (χ4n) is 1.62. The van der Waals surface area contributed by atoms with Crippen LogP contribution in [0.3, 0.4) is 0 Å². The van der Waals surface area contributed by atoms with Crippen LogP contribution in [0.25, 0.3) is 0 Å². The van der Waals surface area contributed by atoms with Gasteiger partial charge < -0.3 is 15.2 Å². The number of nitrogens with one attached hydrogen (secondary N) is 1. The molecule has 0 radical (unpaired) electrons. The van der Waals surface area contributed by atoms with E-state index in [0.29, 0.717) is 17.9 Å². The van der Waals surface area contributed by atoms with Crippen LogP contribution in [0.2, 0.25) is 0 Å². The first-order valence-corrected chi connectivity index (χ1v) is 6.42. The second kappa shape index (κ2) is 6.57. The van der Waals surface area contributed by atoms with E-state index in [0.717, 1.165) is 18.6 Å². The lowest BCUT2D eigenvalue weighted by Crippen LogP contribution is -2.13. The molecule has 0 aromatic heterocycles. The van der Waals surface area contributed by atoms with Gasteiger partial charge in [0.15, 0.2) is 0 Å². The Morgan fingerprint density at radius 3 is 2.53 bits per heavy atom. The molecule has 3 N–H and O–H groups in total. The van der Waals surface area contributed by atoms with Crippen molar-refractivity contribution < 1.29 is 9.47 Å². The topological polar surface area (TPSA) is 68.3 Å². The summed E-state index contributed by atoms with van der Waals surface area (Å²) in [7, 11) is 1.58. The van der Waals surface area contributed by atoms with Crippen molar-refractivity contribution in [1.82, 2.24) is 0 Å². The molecule has 0 bridgehead atoms. The summed E-state index contributed by atoms with van der Waals surface area (Å²) in [5.41, 5.74) is 7.41. The second-order valence-corrected chi connectivity index (χ2v) is 5.81. The van der Waals surface area contributed by atoms with Gasteiger partial charge in [-0.25, -0.2) is 0 Å². The first-order chi connectivity index (χ1) is 8.83. The van der Waals surface area contributed by atoms with Gasteiger partial charge in [0.25, 0.3) is 0 Å². The molecule has 1 aromatic carbocycles. The summed E-state index contributed by atoms with van der Waals surface area (Å²) in [5.74, 6) is 0.626. The van der Waals surface area contributed by atoms with Gasteiger partial charge in [-0.3, -0.25) is 5.41 Å². The van der Waals surface area contributed by atoms with E-state index >= 15 is 0 Å². The molecule has 0 aliphatic heterocycles. The fourth-order valence-corrected chi connectivity index (χ4v) is 1.62. The minimum Gasteiger partial charge on any atom is -0.496 e. The minimum atomic E-state index is 0.0112. The number of hydrogen-bond donors (Lipinski definition) is 2. The Labute approximate surface area is 115 Å². The number of methoxy groups -OCH3 is 1. The van der Waals surface area contributed by atoms with E-state index in [9.17, 15) is 0 Å². The Bertz CT molecular complexity index is 436. The molecule has 0 saturated carbocycles. The van der Waals surface area contributed by atoms with Crippen LogP contribution in [-0.4, -0.2) is 19.6 Å². The van der Waals surface area contributed by atoms with Gasteiger partial charge in [0.05, 0.1) is 19.3 Å². The number of amidine groups is 1. The van der Waals surface area contributed by atoms with E-state index in [1.54, 1.807) is 13.2 Å². The van der Waals surface area contributed by atoms with Crippen molar-refractivity contribution in [3.05, 3.63) is 29.3 Å². The summed E-state index contributed by atoms with van der Waals surface area (Å²) in [4.78, 5) is 0. The van der Waals surface area contributed by atoms with Crippen molar-refractivity contribution in [1.29, 1.82) is 5.41 Å². The highest BCUT2D eigenvalue weighted by molar-refractivity contribution is 5.97.